The van der Waals surface area contributed by atoms with Gasteiger partial charge in [0.1, 0.15) is 23.2 Å². The van der Waals surface area contributed by atoms with E-state index in [0.717, 1.165) is 16.0 Å². The molecule has 1 N–H and O–H groups in total. The number of ether oxygens (including phenoxy) is 1. The lowest BCUT2D eigenvalue weighted by Gasteiger charge is -2.02. The molecule has 0 saturated heterocycles. The fourth-order valence-electron chi connectivity index (χ4n) is 3.30. The summed E-state index contributed by atoms with van der Waals surface area (Å²) < 4.78 is 10.8. The highest BCUT2D eigenvalue weighted by Crippen LogP contribution is 2.26. The maximum absolute atomic E-state index is 12.7. The van der Waals surface area contributed by atoms with E-state index in [1.165, 1.54) is 17.4 Å². The normalized spacial score (nSPS) is 11.1. The molecule has 9 heteroatoms. The van der Waals surface area contributed by atoms with Crippen LogP contribution in [-0.4, -0.2) is 23.5 Å². The fraction of sp³-hybridized carbons (Fsp3) is 0.111. The van der Waals surface area contributed by atoms with Crippen LogP contribution in [0.3, 0.4) is 0 Å². The van der Waals surface area contributed by atoms with E-state index in [4.69, 9.17) is 20.8 Å². The van der Waals surface area contributed by atoms with Crippen molar-refractivity contribution in [3.8, 4) is 17.4 Å². The summed E-state index contributed by atoms with van der Waals surface area (Å²) in [5, 5.41) is 13.2. The van der Waals surface area contributed by atoms with E-state index in [1.807, 2.05) is 30.3 Å². The van der Waals surface area contributed by atoms with Gasteiger partial charge in [0.2, 0.25) is 0 Å². The average Bonchev–Trinajstić information content (AvgIpc) is 3.53. The molecule has 0 aliphatic carbocycles. The predicted octanol–water partition coefficient (Wildman–Crippen LogP) is 6.37. The second-order valence-electron chi connectivity index (χ2n) is 7.52. The minimum Gasteiger partial charge on any atom is -0.462 e. The summed E-state index contributed by atoms with van der Waals surface area (Å²) in [7, 11) is 0. The summed E-state index contributed by atoms with van der Waals surface area (Å²) in [5.74, 6) is -0.121. The molecule has 180 valence electrons. The fourth-order valence-corrected chi connectivity index (χ4v) is 4.34. The van der Waals surface area contributed by atoms with Crippen LogP contribution in [0.25, 0.3) is 17.4 Å². The molecule has 0 atom stereocenters. The van der Waals surface area contributed by atoms with Gasteiger partial charge in [0.15, 0.2) is 5.13 Å². The number of halogens is 1. The van der Waals surface area contributed by atoms with E-state index >= 15 is 0 Å². The van der Waals surface area contributed by atoms with Gasteiger partial charge in [-0.1, -0.05) is 41.9 Å². The first kappa shape index (κ1) is 24.9. The molecule has 0 spiro atoms. The topological polar surface area (TPSA) is 105 Å². The number of amides is 1. The summed E-state index contributed by atoms with van der Waals surface area (Å²) in [6.07, 6.45) is 3.62. The van der Waals surface area contributed by atoms with Crippen molar-refractivity contribution in [2.45, 2.75) is 13.3 Å². The average molecular weight is 518 g/mol. The highest BCUT2D eigenvalue weighted by molar-refractivity contribution is 7.15. The van der Waals surface area contributed by atoms with E-state index < -0.39 is 11.9 Å². The highest BCUT2D eigenvalue weighted by atomic mass is 35.5. The number of nitrogens with one attached hydrogen (secondary N) is 1. The molecule has 0 radical (unpaired) electrons. The van der Waals surface area contributed by atoms with Gasteiger partial charge in [0.05, 0.1) is 12.2 Å². The number of nitriles is 1. The van der Waals surface area contributed by atoms with Crippen LogP contribution in [0.15, 0.2) is 76.9 Å². The first-order chi connectivity index (χ1) is 17.5. The Morgan fingerprint density at radius 3 is 2.67 bits per heavy atom. The van der Waals surface area contributed by atoms with Crippen molar-refractivity contribution in [3.05, 3.63) is 99.2 Å². The number of anilines is 1. The molecule has 7 nitrogen and oxygen atoms in total. The number of benzene rings is 2. The molecular weight excluding hydrogens is 498 g/mol. The van der Waals surface area contributed by atoms with E-state index in [0.29, 0.717) is 40.3 Å². The summed E-state index contributed by atoms with van der Waals surface area (Å²) in [6, 6.07) is 19.6. The van der Waals surface area contributed by atoms with Crippen LogP contribution < -0.4 is 5.32 Å². The lowest BCUT2D eigenvalue weighted by Crippen LogP contribution is -2.13. The van der Waals surface area contributed by atoms with Crippen molar-refractivity contribution < 1.29 is 18.7 Å². The SMILES string of the molecule is CCOC(=O)c1ccc(-c2ccc(/C=C(\C#N)C(=O)Nc3ncc(Cc4ccccc4Cl)s3)o2)cc1. The Morgan fingerprint density at radius 2 is 1.94 bits per heavy atom. The Morgan fingerprint density at radius 1 is 1.17 bits per heavy atom. The van der Waals surface area contributed by atoms with E-state index in [1.54, 1.807) is 49.5 Å². The second-order valence-corrected chi connectivity index (χ2v) is 9.05. The van der Waals surface area contributed by atoms with Gasteiger partial charge < -0.3 is 9.15 Å². The Kier molecular flexibility index (Phi) is 7.95. The quantitative estimate of drug-likeness (QED) is 0.165. The largest absolute Gasteiger partial charge is 0.462 e. The molecule has 2 aromatic carbocycles. The lowest BCUT2D eigenvalue weighted by atomic mass is 10.1. The minimum absolute atomic E-state index is 0.128. The predicted molar refractivity (Wildman–Crippen MR) is 139 cm³/mol. The van der Waals surface area contributed by atoms with Crippen molar-refractivity contribution in [2.75, 3.05) is 11.9 Å². The van der Waals surface area contributed by atoms with E-state index in [9.17, 15) is 14.9 Å². The van der Waals surface area contributed by atoms with Gasteiger partial charge in [-0.2, -0.15) is 5.26 Å². The number of esters is 1. The molecule has 4 aromatic rings. The number of aromatic nitrogens is 1. The van der Waals surface area contributed by atoms with Crippen LogP contribution in [0.4, 0.5) is 5.13 Å². The summed E-state index contributed by atoms with van der Waals surface area (Å²) >= 11 is 7.53. The van der Waals surface area contributed by atoms with Crippen molar-refractivity contribution in [3.63, 3.8) is 0 Å². The molecule has 4 rings (SSSR count). The monoisotopic (exact) mass is 517 g/mol. The molecule has 0 unspecified atom stereocenters. The van der Waals surface area contributed by atoms with Crippen molar-refractivity contribution in [1.82, 2.24) is 4.98 Å². The van der Waals surface area contributed by atoms with Gasteiger partial charge in [-0.25, -0.2) is 9.78 Å². The van der Waals surface area contributed by atoms with Crippen LogP contribution >= 0.6 is 22.9 Å². The number of rotatable bonds is 8. The number of hydrogen-bond acceptors (Lipinski definition) is 7. The van der Waals surface area contributed by atoms with Gasteiger partial charge in [-0.05, 0) is 42.8 Å². The number of carbonyl (C=O) groups is 2. The lowest BCUT2D eigenvalue weighted by molar-refractivity contribution is -0.112. The third-order valence-corrected chi connectivity index (χ3v) is 6.34. The smallest absolute Gasteiger partial charge is 0.338 e. The zero-order valence-corrected chi connectivity index (χ0v) is 20.7. The first-order valence-corrected chi connectivity index (χ1v) is 12.1. The second kappa shape index (κ2) is 11.5. The maximum Gasteiger partial charge on any atom is 0.338 e. The van der Waals surface area contributed by atoms with Crippen molar-refractivity contribution >= 4 is 46.0 Å². The van der Waals surface area contributed by atoms with Crippen LogP contribution in [-0.2, 0) is 16.0 Å². The Hall–Kier alpha value is -4.19. The summed E-state index contributed by atoms with van der Waals surface area (Å²) in [4.78, 5) is 29.6. The zero-order chi connectivity index (χ0) is 25.5. The maximum atomic E-state index is 12.7. The van der Waals surface area contributed by atoms with Gasteiger partial charge in [0.25, 0.3) is 5.91 Å². The summed E-state index contributed by atoms with van der Waals surface area (Å²) in [5.41, 5.74) is 2.01. The molecule has 1 amide bonds. The number of thiazole rings is 1. The third-order valence-electron chi connectivity index (χ3n) is 5.06. The Labute approximate surface area is 216 Å². The molecule has 0 aliphatic rings. The molecule has 2 aromatic heterocycles. The van der Waals surface area contributed by atoms with Gasteiger partial charge in [-0.3, -0.25) is 10.1 Å². The van der Waals surface area contributed by atoms with Crippen molar-refractivity contribution in [2.24, 2.45) is 0 Å². The Bertz CT molecular complexity index is 1460. The molecule has 0 saturated carbocycles. The standard InChI is InChI=1S/C27H20ClN3O4S/c1-2-34-26(33)18-9-7-17(8-10-18)24-12-11-21(35-24)13-20(15-29)25(32)31-27-30-16-22(36-27)14-19-5-3-4-6-23(19)28/h3-13,16H,2,14H2,1H3,(H,30,31,32)/b20-13+. The van der Waals surface area contributed by atoms with E-state index in [2.05, 4.69) is 10.3 Å². The molecule has 0 fully saturated rings. The number of hydrogen-bond donors (Lipinski definition) is 1. The molecular formula is C27H20ClN3O4S. The first-order valence-electron chi connectivity index (χ1n) is 11.0. The minimum atomic E-state index is -0.590. The molecule has 36 heavy (non-hydrogen) atoms. The van der Waals surface area contributed by atoms with Gasteiger partial charge in [0, 0.05) is 34.2 Å². The Balaban J connectivity index is 1.43. The summed E-state index contributed by atoms with van der Waals surface area (Å²) in [6.45, 7) is 2.05. The number of carbonyl (C=O) groups excluding carboxylic acids is 2. The number of nitrogens with zero attached hydrogens (tertiary/aromatic N) is 2. The zero-order valence-electron chi connectivity index (χ0n) is 19.2. The van der Waals surface area contributed by atoms with Crippen LogP contribution in [0, 0.1) is 11.3 Å². The van der Waals surface area contributed by atoms with Gasteiger partial charge in [-0.15, -0.1) is 11.3 Å². The molecule has 0 aliphatic heterocycles. The molecule has 2 heterocycles. The van der Waals surface area contributed by atoms with Gasteiger partial charge >= 0.3 is 5.97 Å². The van der Waals surface area contributed by atoms with Crippen LogP contribution in [0.1, 0.15) is 33.5 Å². The van der Waals surface area contributed by atoms with Crippen molar-refractivity contribution in [1.29, 1.82) is 5.26 Å². The number of furan rings is 1. The van der Waals surface area contributed by atoms with Crippen LogP contribution in [0.5, 0.6) is 0 Å². The van der Waals surface area contributed by atoms with E-state index in [-0.39, 0.29) is 5.57 Å². The highest BCUT2D eigenvalue weighted by Gasteiger charge is 2.14. The van der Waals surface area contributed by atoms with Crippen LogP contribution in [0.2, 0.25) is 5.02 Å². The third kappa shape index (κ3) is 6.08. The molecule has 0 bridgehead atoms.